The molecule has 0 radical (unpaired) electrons. The predicted molar refractivity (Wildman–Crippen MR) is 110 cm³/mol. The molecule has 2 aliphatic rings. The highest BCUT2D eigenvalue weighted by molar-refractivity contribution is 8.01. The summed E-state index contributed by atoms with van der Waals surface area (Å²) in [6, 6.07) is 3.04. The average molecular weight is 433 g/mol. The van der Waals surface area contributed by atoms with Crippen molar-refractivity contribution in [2.45, 2.75) is 43.4 Å². The maximum atomic E-state index is 13.4. The van der Waals surface area contributed by atoms with Crippen LogP contribution in [0.5, 0.6) is 11.5 Å². The second-order valence-electron chi connectivity index (χ2n) is 7.73. The van der Waals surface area contributed by atoms with Gasteiger partial charge in [0.1, 0.15) is 11.4 Å². The van der Waals surface area contributed by atoms with Gasteiger partial charge in [0.25, 0.3) is 5.91 Å². The van der Waals surface area contributed by atoms with E-state index in [1.54, 1.807) is 29.7 Å². The molecule has 0 aliphatic carbocycles. The molecule has 2 amide bonds. The lowest BCUT2D eigenvalue weighted by Gasteiger charge is -2.29. The van der Waals surface area contributed by atoms with Crippen molar-refractivity contribution in [1.29, 1.82) is 0 Å². The Labute approximate surface area is 178 Å². The third-order valence-corrected chi connectivity index (χ3v) is 6.89. The number of ether oxygens (including phenoxy) is 2. The third-order valence-electron chi connectivity index (χ3n) is 5.35. The Hall–Kier alpha value is -2.75. The minimum atomic E-state index is -0.632. The van der Waals surface area contributed by atoms with Gasteiger partial charge < -0.3 is 24.2 Å². The summed E-state index contributed by atoms with van der Waals surface area (Å²) in [7, 11) is 3.04. The van der Waals surface area contributed by atoms with Gasteiger partial charge in [0.15, 0.2) is 17.3 Å². The first-order chi connectivity index (χ1) is 14.3. The molecule has 3 heterocycles. The van der Waals surface area contributed by atoms with Crippen LogP contribution in [-0.4, -0.2) is 58.4 Å². The Bertz CT molecular complexity index is 1010. The van der Waals surface area contributed by atoms with Gasteiger partial charge in [-0.25, -0.2) is 0 Å². The van der Waals surface area contributed by atoms with E-state index in [-0.39, 0.29) is 17.2 Å². The zero-order valence-corrected chi connectivity index (χ0v) is 18.3. The van der Waals surface area contributed by atoms with Crippen LogP contribution in [0.3, 0.4) is 0 Å². The predicted octanol–water partition coefficient (Wildman–Crippen LogP) is 2.10. The van der Waals surface area contributed by atoms with Crippen LogP contribution in [0, 0.1) is 6.92 Å². The number of amides is 2. The average Bonchev–Trinajstić information content (AvgIpc) is 3.32. The van der Waals surface area contributed by atoms with Crippen LogP contribution in [-0.2, 0) is 11.2 Å². The molecule has 4 rings (SSSR count). The molecule has 160 valence electrons. The Morgan fingerprint density at radius 1 is 1.33 bits per heavy atom. The molecule has 2 atom stereocenters. The molecular formula is C20H24N4O5S. The van der Waals surface area contributed by atoms with Gasteiger partial charge in [-0.05, 0) is 26.8 Å². The lowest BCUT2D eigenvalue weighted by molar-refractivity contribution is -0.126. The van der Waals surface area contributed by atoms with Crippen molar-refractivity contribution in [3.05, 3.63) is 35.0 Å². The SMILES string of the molecule is COc1ccc2c(c1OC)C(=O)N1[C@H]2SC(C)(C)[C@H]1C(=O)NCCc1nc(C)no1. The highest BCUT2D eigenvalue weighted by Gasteiger charge is 2.58. The molecule has 9 nitrogen and oxygen atoms in total. The Morgan fingerprint density at radius 3 is 2.73 bits per heavy atom. The standard InChI is InChI=1S/C20H24N4O5S/c1-10-22-13(29-23-10)8-9-21-17(25)16-20(2,3)30-19-11-6-7-12(27-4)15(28-5)14(11)18(26)24(16)19/h6-7,16,19H,8-9H2,1-5H3,(H,21,25)/t16-,19+/m1/s1. The van der Waals surface area contributed by atoms with Gasteiger partial charge in [0.05, 0.1) is 19.8 Å². The normalized spacial score (nSPS) is 21.4. The van der Waals surface area contributed by atoms with E-state index in [9.17, 15) is 9.59 Å². The van der Waals surface area contributed by atoms with E-state index in [1.807, 2.05) is 19.9 Å². The first-order valence-electron chi connectivity index (χ1n) is 9.60. The van der Waals surface area contributed by atoms with Crippen LogP contribution in [0.2, 0.25) is 0 Å². The number of methoxy groups -OCH3 is 2. The summed E-state index contributed by atoms with van der Waals surface area (Å²) < 4.78 is 15.4. The summed E-state index contributed by atoms with van der Waals surface area (Å²) in [4.78, 5) is 32.3. The number of rotatable bonds is 6. The molecule has 0 spiro atoms. The molecule has 1 N–H and O–H groups in total. The number of hydrogen-bond donors (Lipinski definition) is 1. The zero-order chi connectivity index (χ0) is 21.6. The quantitative estimate of drug-likeness (QED) is 0.740. The number of fused-ring (bicyclic) bond motifs is 3. The van der Waals surface area contributed by atoms with Gasteiger partial charge in [-0.2, -0.15) is 4.98 Å². The summed E-state index contributed by atoms with van der Waals surface area (Å²) in [6.45, 7) is 6.04. The molecule has 30 heavy (non-hydrogen) atoms. The minimum Gasteiger partial charge on any atom is -0.493 e. The summed E-state index contributed by atoms with van der Waals surface area (Å²) in [6.07, 6.45) is 0.426. The molecule has 0 bridgehead atoms. The molecule has 1 aromatic heterocycles. The zero-order valence-electron chi connectivity index (χ0n) is 17.5. The van der Waals surface area contributed by atoms with E-state index in [4.69, 9.17) is 14.0 Å². The largest absolute Gasteiger partial charge is 0.493 e. The topological polar surface area (TPSA) is 107 Å². The second kappa shape index (κ2) is 7.50. The van der Waals surface area contributed by atoms with Crippen LogP contribution in [0.25, 0.3) is 0 Å². The highest BCUT2D eigenvalue weighted by Crippen LogP contribution is 2.58. The summed E-state index contributed by atoms with van der Waals surface area (Å²) in [5, 5.41) is 6.41. The van der Waals surface area contributed by atoms with Crippen molar-refractivity contribution in [2.24, 2.45) is 0 Å². The Balaban J connectivity index is 1.57. The van der Waals surface area contributed by atoms with Gasteiger partial charge in [-0.3, -0.25) is 9.59 Å². The number of thioether (sulfide) groups is 1. The minimum absolute atomic E-state index is 0.210. The molecular weight excluding hydrogens is 408 g/mol. The van der Waals surface area contributed by atoms with Crippen LogP contribution < -0.4 is 14.8 Å². The van der Waals surface area contributed by atoms with Gasteiger partial charge >= 0.3 is 0 Å². The van der Waals surface area contributed by atoms with E-state index in [0.29, 0.717) is 41.7 Å². The number of nitrogens with zero attached hydrogens (tertiary/aromatic N) is 3. The van der Waals surface area contributed by atoms with Crippen LogP contribution in [0.4, 0.5) is 0 Å². The Morgan fingerprint density at radius 2 is 2.10 bits per heavy atom. The maximum absolute atomic E-state index is 13.4. The van der Waals surface area contributed by atoms with Crippen molar-refractivity contribution in [1.82, 2.24) is 20.4 Å². The fourth-order valence-electron chi connectivity index (χ4n) is 4.09. The highest BCUT2D eigenvalue weighted by atomic mass is 32.2. The summed E-state index contributed by atoms with van der Waals surface area (Å²) in [5.74, 6) is 1.48. The van der Waals surface area contributed by atoms with Crippen LogP contribution in [0.1, 0.15) is 46.9 Å². The number of aromatic nitrogens is 2. The second-order valence-corrected chi connectivity index (χ2v) is 9.46. The van der Waals surface area contributed by atoms with E-state index >= 15 is 0 Å². The molecule has 2 aliphatic heterocycles. The molecule has 1 aromatic carbocycles. The first kappa shape index (κ1) is 20.5. The van der Waals surface area contributed by atoms with Gasteiger partial charge in [0.2, 0.25) is 11.8 Å². The Kier molecular flexibility index (Phi) is 5.13. The molecule has 0 unspecified atom stereocenters. The number of hydrogen-bond acceptors (Lipinski definition) is 8. The van der Waals surface area contributed by atoms with Gasteiger partial charge in [-0.1, -0.05) is 11.2 Å². The van der Waals surface area contributed by atoms with Crippen molar-refractivity contribution < 1.29 is 23.6 Å². The third kappa shape index (κ3) is 3.19. The first-order valence-corrected chi connectivity index (χ1v) is 10.5. The van der Waals surface area contributed by atoms with Crippen molar-refractivity contribution in [2.75, 3.05) is 20.8 Å². The maximum Gasteiger partial charge on any atom is 0.260 e. The van der Waals surface area contributed by atoms with Crippen LogP contribution >= 0.6 is 11.8 Å². The van der Waals surface area contributed by atoms with Crippen LogP contribution in [0.15, 0.2) is 16.7 Å². The van der Waals surface area contributed by atoms with E-state index < -0.39 is 10.8 Å². The van der Waals surface area contributed by atoms with E-state index in [2.05, 4.69) is 15.5 Å². The summed E-state index contributed by atoms with van der Waals surface area (Å²) in [5.41, 5.74) is 1.30. The summed E-state index contributed by atoms with van der Waals surface area (Å²) >= 11 is 1.59. The molecule has 0 saturated carbocycles. The molecule has 1 saturated heterocycles. The lowest BCUT2D eigenvalue weighted by atomic mass is 10.0. The number of nitrogens with one attached hydrogen (secondary N) is 1. The molecule has 1 fully saturated rings. The van der Waals surface area contributed by atoms with Crippen molar-refractivity contribution in [3.63, 3.8) is 0 Å². The van der Waals surface area contributed by atoms with E-state index in [0.717, 1.165) is 5.56 Å². The van der Waals surface area contributed by atoms with Gasteiger partial charge in [-0.15, -0.1) is 11.8 Å². The van der Waals surface area contributed by atoms with Crippen molar-refractivity contribution >= 4 is 23.6 Å². The number of benzene rings is 1. The number of carbonyl (C=O) groups excluding carboxylic acids is 2. The molecule has 10 heteroatoms. The van der Waals surface area contributed by atoms with Gasteiger partial charge in [0, 0.05) is 23.3 Å². The molecule has 2 aromatic rings. The monoisotopic (exact) mass is 432 g/mol. The van der Waals surface area contributed by atoms with E-state index in [1.165, 1.54) is 14.2 Å². The fourth-order valence-corrected chi connectivity index (χ4v) is 5.67. The van der Waals surface area contributed by atoms with Crippen molar-refractivity contribution in [3.8, 4) is 11.5 Å². The number of carbonyl (C=O) groups is 2. The number of aryl methyl sites for hydroxylation is 1. The smallest absolute Gasteiger partial charge is 0.260 e. The lowest BCUT2D eigenvalue weighted by Crippen LogP contribution is -2.52. The fraction of sp³-hybridized carbons (Fsp3) is 0.500.